The predicted molar refractivity (Wildman–Crippen MR) is 97.8 cm³/mol. The van der Waals surface area contributed by atoms with Gasteiger partial charge in [-0.25, -0.2) is 0 Å². The zero-order valence-electron chi connectivity index (χ0n) is 14.3. The Morgan fingerprint density at radius 1 is 1.00 bits per heavy atom. The molecule has 1 atom stereocenters. The summed E-state index contributed by atoms with van der Waals surface area (Å²) >= 11 is 0. The zero-order chi connectivity index (χ0) is 17.6. The number of hydrogen-bond donors (Lipinski definition) is 3. The van der Waals surface area contributed by atoms with Crippen molar-refractivity contribution in [1.29, 1.82) is 0 Å². The molecule has 0 aromatic heterocycles. The maximum Gasteiger partial charge on any atom is 0.321 e. The first kappa shape index (κ1) is 17.5. The molecule has 1 saturated carbocycles. The normalized spacial score (nSPS) is 21.6. The largest absolute Gasteiger partial charge is 0.508 e. The first-order valence-electron chi connectivity index (χ1n) is 8.93. The van der Waals surface area contributed by atoms with Crippen molar-refractivity contribution in [2.75, 3.05) is 0 Å². The number of aliphatic carboxylic acids is 1. The van der Waals surface area contributed by atoms with Crippen molar-refractivity contribution in [2.45, 2.75) is 50.1 Å². The van der Waals surface area contributed by atoms with Gasteiger partial charge in [0.2, 0.25) is 0 Å². The van der Waals surface area contributed by atoms with Crippen LogP contribution in [0.15, 0.2) is 54.6 Å². The summed E-state index contributed by atoms with van der Waals surface area (Å²) in [6.07, 6.45) is 4.54. The molecule has 3 rings (SSSR count). The van der Waals surface area contributed by atoms with Gasteiger partial charge in [0.15, 0.2) is 0 Å². The molecule has 4 nitrogen and oxygen atoms in total. The van der Waals surface area contributed by atoms with Gasteiger partial charge in [-0.2, -0.15) is 0 Å². The maximum atomic E-state index is 11.6. The fraction of sp³-hybridized carbons (Fsp3) is 0.381. The van der Waals surface area contributed by atoms with Gasteiger partial charge in [0, 0.05) is 6.04 Å². The van der Waals surface area contributed by atoms with Crippen LogP contribution in [0.5, 0.6) is 5.75 Å². The Balaban J connectivity index is 1.54. The fourth-order valence-electron chi connectivity index (χ4n) is 3.69. The van der Waals surface area contributed by atoms with Crippen LogP contribution in [0, 0.1) is 0 Å². The molecule has 0 radical (unpaired) electrons. The molecule has 0 aliphatic heterocycles. The van der Waals surface area contributed by atoms with Crippen LogP contribution in [-0.2, 0) is 11.2 Å². The van der Waals surface area contributed by atoms with Gasteiger partial charge < -0.3 is 15.5 Å². The second kappa shape index (κ2) is 8.17. The molecule has 0 unspecified atom stereocenters. The highest BCUT2D eigenvalue weighted by Gasteiger charge is 2.26. The SMILES string of the molecule is O=C(O)[C@@H](Cc1ccccc1)NC1CCC(c2ccc(O)cc2)CC1. The third-order valence-electron chi connectivity index (χ3n) is 5.11. The Hall–Kier alpha value is -2.33. The molecule has 25 heavy (non-hydrogen) atoms. The van der Waals surface area contributed by atoms with Crippen LogP contribution >= 0.6 is 0 Å². The number of phenolic OH excluding ortho intramolecular Hbond substituents is 1. The van der Waals surface area contributed by atoms with E-state index in [0.29, 0.717) is 18.1 Å². The Labute approximate surface area is 148 Å². The predicted octanol–water partition coefficient (Wildman–Crippen LogP) is 3.70. The first-order chi connectivity index (χ1) is 12.1. The van der Waals surface area contributed by atoms with E-state index in [-0.39, 0.29) is 6.04 Å². The minimum atomic E-state index is -0.787. The van der Waals surface area contributed by atoms with E-state index in [2.05, 4.69) is 5.32 Å². The molecule has 4 heteroatoms. The third-order valence-corrected chi connectivity index (χ3v) is 5.11. The Morgan fingerprint density at radius 2 is 1.64 bits per heavy atom. The van der Waals surface area contributed by atoms with E-state index in [0.717, 1.165) is 31.2 Å². The van der Waals surface area contributed by atoms with E-state index >= 15 is 0 Å². The lowest BCUT2D eigenvalue weighted by molar-refractivity contribution is -0.139. The molecule has 0 bridgehead atoms. The lowest BCUT2D eigenvalue weighted by Crippen LogP contribution is -2.45. The van der Waals surface area contributed by atoms with Crippen LogP contribution in [0.3, 0.4) is 0 Å². The Morgan fingerprint density at radius 3 is 2.24 bits per heavy atom. The van der Waals surface area contributed by atoms with E-state index in [1.54, 1.807) is 12.1 Å². The number of carbonyl (C=O) groups is 1. The quantitative estimate of drug-likeness (QED) is 0.750. The lowest BCUT2D eigenvalue weighted by Gasteiger charge is -2.31. The van der Waals surface area contributed by atoms with Crippen LogP contribution in [0.2, 0.25) is 0 Å². The molecule has 1 fully saturated rings. The topological polar surface area (TPSA) is 69.6 Å². The molecule has 0 amide bonds. The second-order valence-electron chi connectivity index (χ2n) is 6.89. The number of benzene rings is 2. The van der Waals surface area contributed by atoms with Gasteiger partial charge in [0.05, 0.1) is 0 Å². The van der Waals surface area contributed by atoms with Crippen LogP contribution < -0.4 is 5.32 Å². The van der Waals surface area contributed by atoms with Crippen molar-refractivity contribution in [3.63, 3.8) is 0 Å². The Kier molecular flexibility index (Phi) is 5.71. The molecule has 2 aromatic rings. The summed E-state index contributed by atoms with van der Waals surface area (Å²) < 4.78 is 0. The highest BCUT2D eigenvalue weighted by Crippen LogP contribution is 2.33. The summed E-state index contributed by atoms with van der Waals surface area (Å²) in [6.45, 7) is 0. The first-order valence-corrected chi connectivity index (χ1v) is 8.93. The van der Waals surface area contributed by atoms with E-state index in [4.69, 9.17) is 0 Å². The van der Waals surface area contributed by atoms with Crippen molar-refractivity contribution in [3.05, 3.63) is 65.7 Å². The molecular formula is C21H25NO3. The monoisotopic (exact) mass is 339 g/mol. The number of rotatable bonds is 6. The van der Waals surface area contributed by atoms with Crippen LogP contribution in [-0.4, -0.2) is 28.3 Å². The van der Waals surface area contributed by atoms with Gasteiger partial charge in [-0.15, -0.1) is 0 Å². The summed E-state index contributed by atoms with van der Waals surface area (Å²) in [6, 6.07) is 16.9. The highest BCUT2D eigenvalue weighted by atomic mass is 16.4. The molecule has 3 N–H and O–H groups in total. The zero-order valence-corrected chi connectivity index (χ0v) is 14.3. The molecule has 0 saturated heterocycles. The van der Waals surface area contributed by atoms with E-state index in [1.165, 1.54) is 5.56 Å². The van der Waals surface area contributed by atoms with Gasteiger partial charge in [-0.05, 0) is 61.3 Å². The minimum absolute atomic E-state index is 0.248. The van der Waals surface area contributed by atoms with E-state index in [1.807, 2.05) is 42.5 Å². The second-order valence-corrected chi connectivity index (χ2v) is 6.89. The average Bonchev–Trinajstić information content (AvgIpc) is 2.63. The summed E-state index contributed by atoms with van der Waals surface area (Å²) in [5, 5.41) is 22.3. The van der Waals surface area contributed by atoms with Crippen molar-refractivity contribution in [2.24, 2.45) is 0 Å². The van der Waals surface area contributed by atoms with Gasteiger partial charge in [0.1, 0.15) is 11.8 Å². The van der Waals surface area contributed by atoms with Gasteiger partial charge >= 0.3 is 5.97 Å². The van der Waals surface area contributed by atoms with Crippen molar-refractivity contribution >= 4 is 5.97 Å². The smallest absolute Gasteiger partial charge is 0.321 e. The molecule has 132 valence electrons. The highest BCUT2D eigenvalue weighted by molar-refractivity contribution is 5.74. The van der Waals surface area contributed by atoms with Crippen LogP contribution in [0.25, 0.3) is 0 Å². The van der Waals surface area contributed by atoms with Crippen molar-refractivity contribution in [1.82, 2.24) is 5.32 Å². The number of hydrogen-bond acceptors (Lipinski definition) is 3. The number of nitrogens with one attached hydrogen (secondary N) is 1. The standard InChI is InChI=1S/C21H25NO3/c23-19-12-8-17(9-13-19)16-6-10-18(11-7-16)22-20(21(24)25)14-15-4-2-1-3-5-15/h1-5,8-9,12-13,16,18,20,22-23H,6-7,10-11,14H2,(H,24,25)/t16?,18?,20-/m1/s1. The molecule has 1 aliphatic rings. The van der Waals surface area contributed by atoms with Crippen molar-refractivity contribution < 1.29 is 15.0 Å². The molecule has 0 heterocycles. The summed E-state index contributed by atoms with van der Waals surface area (Å²) in [7, 11) is 0. The van der Waals surface area contributed by atoms with Crippen LogP contribution in [0.4, 0.5) is 0 Å². The lowest BCUT2D eigenvalue weighted by atomic mass is 9.81. The van der Waals surface area contributed by atoms with E-state index in [9.17, 15) is 15.0 Å². The van der Waals surface area contributed by atoms with E-state index < -0.39 is 12.0 Å². The number of aromatic hydroxyl groups is 1. The van der Waals surface area contributed by atoms with Gasteiger partial charge in [-0.3, -0.25) is 4.79 Å². The maximum absolute atomic E-state index is 11.6. The summed E-state index contributed by atoms with van der Waals surface area (Å²) in [5.74, 6) is 0.00452. The third kappa shape index (κ3) is 4.83. The molecular weight excluding hydrogens is 314 g/mol. The number of carboxylic acids is 1. The summed E-state index contributed by atoms with van der Waals surface area (Å²) in [5.41, 5.74) is 2.30. The number of phenols is 1. The van der Waals surface area contributed by atoms with Crippen molar-refractivity contribution in [3.8, 4) is 5.75 Å². The molecule has 0 spiro atoms. The summed E-state index contributed by atoms with van der Waals surface area (Å²) in [4.78, 5) is 11.6. The van der Waals surface area contributed by atoms with Gasteiger partial charge in [-0.1, -0.05) is 42.5 Å². The molecule has 1 aliphatic carbocycles. The minimum Gasteiger partial charge on any atom is -0.508 e. The molecule has 2 aromatic carbocycles. The van der Waals surface area contributed by atoms with Gasteiger partial charge in [0.25, 0.3) is 0 Å². The average molecular weight is 339 g/mol. The number of carboxylic acid groups (broad SMARTS) is 1. The Bertz CT molecular complexity index is 676. The van der Waals surface area contributed by atoms with Crippen LogP contribution in [0.1, 0.15) is 42.7 Å². The fourth-order valence-corrected chi connectivity index (χ4v) is 3.69.